The van der Waals surface area contributed by atoms with E-state index in [2.05, 4.69) is 15.9 Å². The molecule has 3 nitrogen and oxygen atoms in total. The van der Waals surface area contributed by atoms with Crippen molar-refractivity contribution in [3.05, 3.63) is 46.6 Å². The number of fused-ring (bicyclic) bond motifs is 3. The molecule has 0 aliphatic carbocycles. The van der Waals surface area contributed by atoms with Crippen LogP contribution in [0, 0.1) is 0 Å². The molecule has 1 aromatic heterocycles. The Morgan fingerprint density at radius 1 is 1.26 bits per heavy atom. The molecule has 0 amide bonds. The van der Waals surface area contributed by atoms with Gasteiger partial charge in [0.1, 0.15) is 5.58 Å². The van der Waals surface area contributed by atoms with Crippen LogP contribution < -0.4 is 34.7 Å². The van der Waals surface area contributed by atoms with Crippen molar-refractivity contribution in [1.82, 2.24) is 0 Å². The van der Waals surface area contributed by atoms with Gasteiger partial charge in [0.05, 0.1) is 6.26 Å². The van der Waals surface area contributed by atoms with E-state index in [9.17, 15) is 9.90 Å². The van der Waals surface area contributed by atoms with E-state index in [1.807, 2.05) is 30.3 Å². The van der Waals surface area contributed by atoms with Crippen molar-refractivity contribution in [3.8, 4) is 0 Å². The van der Waals surface area contributed by atoms with E-state index in [1.165, 1.54) is 6.26 Å². The normalized spacial score (nSPS) is 10.6. The monoisotopic (exact) mass is 326 g/mol. The molecule has 5 heteroatoms. The molecule has 3 rings (SSSR count). The number of rotatable bonds is 2. The molecule has 90 valence electrons. The zero-order chi connectivity index (χ0) is 12.7. The molecule has 0 atom stereocenters. The zero-order valence-corrected chi connectivity index (χ0v) is 13.9. The summed E-state index contributed by atoms with van der Waals surface area (Å²) in [6.45, 7) is 0. The van der Waals surface area contributed by atoms with Gasteiger partial charge in [0.25, 0.3) is 0 Å². The van der Waals surface area contributed by atoms with Gasteiger partial charge >= 0.3 is 29.6 Å². The van der Waals surface area contributed by atoms with Gasteiger partial charge in [-0.15, -0.1) is 0 Å². The summed E-state index contributed by atoms with van der Waals surface area (Å²) in [5.41, 5.74) is 1.35. The van der Waals surface area contributed by atoms with Gasteiger partial charge in [-0.25, -0.2) is 0 Å². The fraction of sp³-hybridized carbons (Fsp3) is 0.0714. The van der Waals surface area contributed by atoms with Gasteiger partial charge in [-0.3, -0.25) is 0 Å². The van der Waals surface area contributed by atoms with Crippen molar-refractivity contribution in [2.24, 2.45) is 0 Å². The van der Waals surface area contributed by atoms with Crippen LogP contribution in [0.4, 0.5) is 0 Å². The second-order valence-corrected chi connectivity index (χ2v) is 5.03. The molecule has 0 aliphatic heterocycles. The average molecular weight is 327 g/mol. The molecule has 0 saturated heterocycles. The topological polar surface area (TPSA) is 53.3 Å². The number of carbonyl (C=O) groups excluding carboxylic acids is 1. The van der Waals surface area contributed by atoms with Crippen molar-refractivity contribution in [3.63, 3.8) is 0 Å². The number of hydrogen-bond donors (Lipinski definition) is 0. The summed E-state index contributed by atoms with van der Waals surface area (Å²) in [7, 11) is 0. The third-order valence-corrected chi connectivity index (χ3v) is 3.42. The molecule has 0 fully saturated rings. The van der Waals surface area contributed by atoms with Crippen molar-refractivity contribution in [1.29, 1.82) is 0 Å². The van der Waals surface area contributed by atoms with Crippen LogP contribution in [-0.2, 0) is 11.2 Å². The maximum Gasteiger partial charge on any atom is 1.00 e. The van der Waals surface area contributed by atoms with Gasteiger partial charge in [-0.1, -0.05) is 28.1 Å². The first-order valence-electron chi connectivity index (χ1n) is 5.43. The summed E-state index contributed by atoms with van der Waals surface area (Å²) in [5.74, 6) is -1.10. The number of carboxylic acids is 1. The summed E-state index contributed by atoms with van der Waals surface area (Å²) in [4.78, 5) is 10.7. The van der Waals surface area contributed by atoms with E-state index >= 15 is 0 Å². The third kappa shape index (κ3) is 2.72. The molecule has 1 heterocycles. The smallest absolute Gasteiger partial charge is 0.550 e. The van der Waals surface area contributed by atoms with Crippen molar-refractivity contribution in [2.45, 2.75) is 6.42 Å². The van der Waals surface area contributed by atoms with Crippen molar-refractivity contribution in [2.75, 3.05) is 0 Å². The Balaban J connectivity index is 0.00000133. The van der Waals surface area contributed by atoms with Crippen LogP contribution in [0.5, 0.6) is 0 Å². The van der Waals surface area contributed by atoms with Gasteiger partial charge in [0, 0.05) is 27.8 Å². The van der Waals surface area contributed by atoms with Crippen LogP contribution in [0.15, 0.2) is 45.5 Å². The second kappa shape index (κ2) is 5.67. The molecule has 0 bridgehead atoms. The molecule has 2 aromatic carbocycles. The molecule has 19 heavy (non-hydrogen) atoms. The summed E-state index contributed by atoms with van der Waals surface area (Å²) < 4.78 is 6.37. The average Bonchev–Trinajstić information content (AvgIpc) is 2.71. The SMILES string of the molecule is O=C([O-])Cc1coc2ccc3cc(Br)ccc3c12.[Na+]. The number of carbonyl (C=O) groups is 1. The fourth-order valence-electron chi connectivity index (χ4n) is 2.19. The first kappa shape index (κ1) is 14.6. The Morgan fingerprint density at radius 3 is 2.79 bits per heavy atom. The molecule has 0 aliphatic rings. The predicted octanol–water partition coefficient (Wildman–Crippen LogP) is -0.355. The largest absolute Gasteiger partial charge is 1.00 e. The molecule has 3 aromatic rings. The van der Waals surface area contributed by atoms with E-state index in [0.29, 0.717) is 11.1 Å². The Morgan fingerprint density at radius 2 is 2.05 bits per heavy atom. The van der Waals surface area contributed by atoms with Gasteiger partial charge < -0.3 is 14.3 Å². The van der Waals surface area contributed by atoms with E-state index in [0.717, 1.165) is 20.6 Å². The van der Waals surface area contributed by atoms with E-state index in [4.69, 9.17) is 4.42 Å². The Kier molecular flexibility index (Phi) is 4.36. The van der Waals surface area contributed by atoms with Crippen LogP contribution >= 0.6 is 15.9 Å². The Bertz CT molecular complexity index is 764. The molecule has 0 spiro atoms. The maximum absolute atomic E-state index is 10.7. The quantitative estimate of drug-likeness (QED) is 0.605. The minimum absolute atomic E-state index is 0. The summed E-state index contributed by atoms with van der Waals surface area (Å²) >= 11 is 3.42. The van der Waals surface area contributed by atoms with Crippen LogP contribution in [0.2, 0.25) is 0 Å². The second-order valence-electron chi connectivity index (χ2n) is 4.11. The number of furan rings is 1. The molecule has 0 unspecified atom stereocenters. The van der Waals surface area contributed by atoms with Crippen LogP contribution in [0.1, 0.15) is 5.56 Å². The standard InChI is InChI=1S/C14H9BrO3.Na/c15-10-2-3-11-8(5-10)1-4-12-14(11)9(7-18-12)6-13(16)17;/h1-5,7H,6H2,(H,16,17);/q;+1/p-1. The number of halogens is 1. The molecule has 0 saturated carbocycles. The summed E-state index contributed by atoms with van der Waals surface area (Å²) in [6, 6.07) is 9.68. The number of benzene rings is 2. The predicted molar refractivity (Wildman–Crippen MR) is 70.1 cm³/mol. The maximum atomic E-state index is 10.7. The molecular weight excluding hydrogens is 319 g/mol. The first-order chi connectivity index (χ1) is 8.65. The van der Waals surface area contributed by atoms with Crippen molar-refractivity contribution >= 4 is 43.6 Å². The van der Waals surface area contributed by atoms with Gasteiger partial charge in [0.2, 0.25) is 0 Å². The first-order valence-corrected chi connectivity index (χ1v) is 6.22. The molecular formula is C14H8BrNaO3. The fourth-order valence-corrected chi connectivity index (χ4v) is 2.57. The Hall–Kier alpha value is -0.810. The minimum atomic E-state index is -1.10. The Labute approximate surface area is 140 Å². The van der Waals surface area contributed by atoms with E-state index < -0.39 is 5.97 Å². The van der Waals surface area contributed by atoms with Gasteiger partial charge in [-0.2, -0.15) is 0 Å². The zero-order valence-electron chi connectivity index (χ0n) is 10.3. The van der Waals surface area contributed by atoms with Crippen molar-refractivity contribution < 1.29 is 43.9 Å². The number of carboxylic acid groups (broad SMARTS) is 1. The molecule has 0 radical (unpaired) electrons. The molecule has 0 N–H and O–H groups in total. The van der Waals surface area contributed by atoms with Gasteiger partial charge in [-0.05, 0) is 29.0 Å². The van der Waals surface area contributed by atoms with Crippen LogP contribution in [-0.4, -0.2) is 5.97 Å². The minimum Gasteiger partial charge on any atom is -0.550 e. The number of aliphatic carboxylic acids is 1. The number of hydrogen-bond acceptors (Lipinski definition) is 3. The third-order valence-electron chi connectivity index (χ3n) is 2.93. The van der Waals surface area contributed by atoms with Gasteiger partial charge in [0.15, 0.2) is 0 Å². The van der Waals surface area contributed by atoms with Crippen LogP contribution in [0.3, 0.4) is 0 Å². The van der Waals surface area contributed by atoms with E-state index in [-0.39, 0.29) is 36.0 Å². The summed E-state index contributed by atoms with van der Waals surface area (Å²) in [6.07, 6.45) is 1.35. The van der Waals surface area contributed by atoms with E-state index in [1.54, 1.807) is 0 Å². The summed E-state index contributed by atoms with van der Waals surface area (Å²) in [5, 5.41) is 13.6. The van der Waals surface area contributed by atoms with Crippen LogP contribution in [0.25, 0.3) is 21.7 Å².